The first-order valence-corrected chi connectivity index (χ1v) is 13.7. The average Bonchev–Trinajstić information content (AvgIpc) is 3.44. The Morgan fingerprint density at radius 1 is 1.17 bits per heavy atom. The monoisotopic (exact) mass is 502 g/mol. The molecule has 3 heterocycles. The maximum atomic E-state index is 13.9. The molecule has 2 bridgehead atoms. The number of aliphatic hydroxyl groups is 1. The third-order valence-electron chi connectivity index (χ3n) is 8.11. The minimum atomic E-state index is -0.652. The van der Waals surface area contributed by atoms with E-state index < -0.39 is 22.6 Å². The number of nitrogens with one attached hydrogen (secondary N) is 2. The van der Waals surface area contributed by atoms with Gasteiger partial charge in [0.15, 0.2) is 0 Å². The van der Waals surface area contributed by atoms with Gasteiger partial charge in [-0.3, -0.25) is 14.4 Å². The fourth-order valence-electron chi connectivity index (χ4n) is 6.48. The van der Waals surface area contributed by atoms with Crippen molar-refractivity contribution >= 4 is 40.9 Å². The zero-order valence-electron chi connectivity index (χ0n) is 21.1. The molecule has 0 aromatic heterocycles. The van der Waals surface area contributed by atoms with Crippen LogP contribution >= 0.6 is 11.8 Å². The van der Waals surface area contributed by atoms with Gasteiger partial charge in [0.2, 0.25) is 17.7 Å². The zero-order valence-corrected chi connectivity index (χ0v) is 21.9. The Hall–Kier alpha value is -2.26. The second kappa shape index (κ2) is 10.4. The summed E-state index contributed by atoms with van der Waals surface area (Å²) in [5.41, 5.74) is 1.79. The first kappa shape index (κ1) is 25.8. The highest BCUT2D eigenvalue weighted by atomic mass is 32.2. The Morgan fingerprint density at radius 3 is 2.46 bits per heavy atom. The van der Waals surface area contributed by atoms with Crippen LogP contribution in [0, 0.1) is 17.8 Å². The van der Waals surface area contributed by atoms with Gasteiger partial charge in [-0.2, -0.15) is 0 Å². The van der Waals surface area contributed by atoms with E-state index in [2.05, 4.69) is 36.3 Å². The van der Waals surface area contributed by atoms with Crippen LogP contribution in [0.4, 0.5) is 11.4 Å². The van der Waals surface area contributed by atoms with E-state index in [1.165, 1.54) is 0 Å². The molecule has 9 heteroatoms. The molecule has 0 aliphatic carbocycles. The van der Waals surface area contributed by atoms with Gasteiger partial charge in [-0.15, -0.1) is 11.8 Å². The lowest BCUT2D eigenvalue weighted by Crippen LogP contribution is -2.55. The van der Waals surface area contributed by atoms with Crippen molar-refractivity contribution in [1.82, 2.24) is 10.2 Å². The molecule has 3 N–H and O–H groups in total. The molecule has 8 nitrogen and oxygen atoms in total. The van der Waals surface area contributed by atoms with Crippen molar-refractivity contribution in [3.05, 3.63) is 24.3 Å². The number of likely N-dealkylation sites (tertiary alicyclic amines) is 1. The molecule has 4 rings (SSSR count). The first-order chi connectivity index (χ1) is 16.8. The summed E-state index contributed by atoms with van der Waals surface area (Å²) in [6, 6.07) is 7.17. The average molecular weight is 503 g/mol. The number of rotatable bonds is 10. The van der Waals surface area contributed by atoms with E-state index in [1.807, 2.05) is 24.3 Å². The minimum Gasteiger partial charge on any atom is -0.396 e. The molecule has 3 aliphatic heterocycles. The van der Waals surface area contributed by atoms with Gasteiger partial charge in [-0.1, -0.05) is 6.92 Å². The number of carbonyl (C=O) groups is 3. The fraction of sp³-hybridized carbons (Fsp3) is 0.654. The van der Waals surface area contributed by atoms with Gasteiger partial charge in [-0.05, 0) is 63.3 Å². The minimum absolute atomic E-state index is 0.0421. The summed E-state index contributed by atoms with van der Waals surface area (Å²) in [4.78, 5) is 44.4. The quantitative estimate of drug-likeness (QED) is 0.425. The van der Waals surface area contributed by atoms with E-state index in [-0.39, 0.29) is 35.5 Å². The van der Waals surface area contributed by atoms with Crippen molar-refractivity contribution in [3.63, 3.8) is 0 Å². The molecule has 0 saturated carbocycles. The zero-order chi connectivity index (χ0) is 25.3. The molecular formula is C26H38N4O4S. The van der Waals surface area contributed by atoms with Crippen molar-refractivity contribution < 1.29 is 19.5 Å². The van der Waals surface area contributed by atoms with E-state index in [0.29, 0.717) is 25.1 Å². The third-order valence-corrected chi connectivity index (χ3v) is 10.2. The van der Waals surface area contributed by atoms with Crippen molar-refractivity contribution in [3.8, 4) is 0 Å². The summed E-state index contributed by atoms with van der Waals surface area (Å²) >= 11 is 1.68. The van der Waals surface area contributed by atoms with Crippen LogP contribution in [0.1, 0.15) is 40.0 Å². The Balaban J connectivity index is 1.64. The largest absolute Gasteiger partial charge is 0.396 e. The number of benzene rings is 1. The van der Waals surface area contributed by atoms with Gasteiger partial charge in [0, 0.05) is 49.9 Å². The number of nitrogens with zero attached hydrogens (tertiary/aromatic N) is 2. The van der Waals surface area contributed by atoms with Crippen LogP contribution in [-0.2, 0) is 14.4 Å². The van der Waals surface area contributed by atoms with Gasteiger partial charge < -0.3 is 25.5 Å². The summed E-state index contributed by atoms with van der Waals surface area (Å²) in [5, 5.41) is 15.2. The Morgan fingerprint density at radius 2 is 1.86 bits per heavy atom. The molecule has 192 valence electrons. The van der Waals surface area contributed by atoms with Crippen LogP contribution in [0.2, 0.25) is 0 Å². The SMILES string of the molecule is CCN(CC)c1ccc(NC(=O)C2N(CCCCO)C(=O)[C@@H]3[C@H](C(=O)NC)[C@@H]4CC(C)C23S4)cc1. The molecule has 1 aromatic carbocycles. The second-order valence-corrected chi connectivity index (χ2v) is 11.4. The van der Waals surface area contributed by atoms with E-state index in [9.17, 15) is 19.5 Å². The molecule has 0 radical (unpaired) electrons. The molecule has 35 heavy (non-hydrogen) atoms. The van der Waals surface area contributed by atoms with Crippen LogP contribution in [-0.4, -0.2) is 77.1 Å². The number of aliphatic hydroxyl groups excluding tert-OH is 1. The third kappa shape index (κ3) is 4.20. The second-order valence-electron chi connectivity index (χ2n) is 9.84. The van der Waals surface area contributed by atoms with E-state index in [0.717, 1.165) is 25.2 Å². The van der Waals surface area contributed by atoms with E-state index in [1.54, 1.807) is 23.7 Å². The highest BCUT2D eigenvalue weighted by Crippen LogP contribution is 2.68. The summed E-state index contributed by atoms with van der Waals surface area (Å²) in [6.07, 6.45) is 1.99. The molecular weight excluding hydrogens is 464 g/mol. The van der Waals surface area contributed by atoms with Crippen molar-refractivity contribution in [1.29, 1.82) is 0 Å². The molecule has 1 aromatic rings. The summed E-state index contributed by atoms with van der Waals surface area (Å²) < 4.78 is -0.622. The van der Waals surface area contributed by atoms with Crippen LogP contribution in [0.3, 0.4) is 0 Å². The lowest BCUT2D eigenvalue weighted by Gasteiger charge is -2.38. The fourth-order valence-corrected chi connectivity index (χ4v) is 8.90. The number of hydrogen-bond acceptors (Lipinski definition) is 6. The summed E-state index contributed by atoms with van der Waals surface area (Å²) in [5.74, 6) is -1.20. The van der Waals surface area contributed by atoms with Crippen molar-refractivity contribution in [2.24, 2.45) is 17.8 Å². The Kier molecular flexibility index (Phi) is 7.66. The number of amides is 3. The van der Waals surface area contributed by atoms with Gasteiger partial charge in [0.1, 0.15) is 6.04 Å². The molecule has 3 amide bonds. The predicted octanol–water partition coefficient (Wildman–Crippen LogP) is 2.33. The van der Waals surface area contributed by atoms with Gasteiger partial charge in [-0.25, -0.2) is 0 Å². The van der Waals surface area contributed by atoms with Crippen molar-refractivity contribution in [2.75, 3.05) is 43.5 Å². The standard InChI is InChI=1S/C26H38N4O4S/c1-5-29(6-2)18-11-9-17(10-12-18)28-24(33)22-26-16(3)15-19(35-26)20(23(32)27-4)21(26)25(34)30(22)13-7-8-14-31/h9-12,16,19-22,31H,5-8,13-15H2,1-4H3,(H,27,32)(H,28,33)/t16?,19-,20+,21-,22?,26?/m0/s1. The molecule has 6 atom stereocenters. The summed E-state index contributed by atoms with van der Waals surface area (Å²) in [6.45, 7) is 8.58. The number of carbonyl (C=O) groups excluding carboxylic acids is 3. The smallest absolute Gasteiger partial charge is 0.248 e. The van der Waals surface area contributed by atoms with Crippen molar-refractivity contribution in [2.45, 2.75) is 56.1 Å². The van der Waals surface area contributed by atoms with Crippen LogP contribution in [0.15, 0.2) is 24.3 Å². The number of thioether (sulfide) groups is 1. The van der Waals surface area contributed by atoms with Crippen LogP contribution in [0.25, 0.3) is 0 Å². The van der Waals surface area contributed by atoms with Gasteiger partial charge in [0.25, 0.3) is 0 Å². The number of fused-ring (bicyclic) bond motifs is 1. The van der Waals surface area contributed by atoms with Gasteiger partial charge in [0.05, 0.1) is 16.6 Å². The lowest BCUT2D eigenvalue weighted by molar-refractivity contribution is -0.139. The topological polar surface area (TPSA) is 102 Å². The molecule has 3 aliphatic rings. The lowest BCUT2D eigenvalue weighted by atomic mass is 9.66. The molecule has 3 fully saturated rings. The van der Waals surface area contributed by atoms with Crippen LogP contribution < -0.4 is 15.5 Å². The number of anilines is 2. The maximum Gasteiger partial charge on any atom is 0.248 e. The normalized spacial score (nSPS) is 30.9. The number of hydrogen-bond donors (Lipinski definition) is 3. The maximum absolute atomic E-state index is 13.9. The van der Waals surface area contributed by atoms with Crippen LogP contribution in [0.5, 0.6) is 0 Å². The predicted molar refractivity (Wildman–Crippen MR) is 139 cm³/mol. The molecule has 3 unspecified atom stereocenters. The molecule has 3 saturated heterocycles. The van der Waals surface area contributed by atoms with Gasteiger partial charge >= 0.3 is 0 Å². The Labute approximate surface area is 212 Å². The molecule has 1 spiro atoms. The highest BCUT2D eigenvalue weighted by Gasteiger charge is 2.75. The summed E-state index contributed by atoms with van der Waals surface area (Å²) in [7, 11) is 1.61. The first-order valence-electron chi connectivity index (χ1n) is 12.8. The van der Waals surface area contributed by atoms with E-state index >= 15 is 0 Å². The van der Waals surface area contributed by atoms with E-state index in [4.69, 9.17) is 0 Å². The Bertz CT molecular complexity index is 953. The number of unbranched alkanes of at least 4 members (excludes halogenated alkanes) is 1. The highest BCUT2D eigenvalue weighted by molar-refractivity contribution is 8.02.